The van der Waals surface area contributed by atoms with E-state index in [9.17, 15) is 9.59 Å². The number of imidazole rings is 1. The molecule has 138 valence electrons. The molecule has 1 amide bonds. The fraction of sp³-hybridized carbons (Fsp3) is 0.211. The molecule has 0 aliphatic carbocycles. The number of carbonyl (C=O) groups excluding carboxylic acids is 1. The first-order valence-electron chi connectivity index (χ1n) is 8.57. The van der Waals surface area contributed by atoms with Crippen molar-refractivity contribution in [3.05, 3.63) is 57.1 Å². The smallest absolute Gasteiger partial charge is 0.300 e. The van der Waals surface area contributed by atoms with Crippen LogP contribution in [0.4, 0.5) is 5.13 Å². The molecule has 0 aliphatic heterocycles. The molecule has 3 heterocycles. The number of aromatic nitrogens is 3. The van der Waals surface area contributed by atoms with E-state index in [0.717, 1.165) is 21.6 Å². The highest BCUT2D eigenvalue weighted by Gasteiger charge is 2.15. The van der Waals surface area contributed by atoms with E-state index in [4.69, 9.17) is 0 Å². The number of amides is 1. The predicted molar refractivity (Wildman–Crippen MR) is 111 cm³/mol. The number of para-hydroxylation sites is 2. The first-order valence-corrected chi connectivity index (χ1v) is 10.3. The number of nitrogens with one attached hydrogen (secondary N) is 1. The van der Waals surface area contributed by atoms with Crippen LogP contribution in [0.25, 0.3) is 21.6 Å². The molecule has 0 saturated heterocycles. The number of thiazole rings is 1. The summed E-state index contributed by atoms with van der Waals surface area (Å²) in [6.07, 6.45) is 0. The topological polar surface area (TPSA) is 68.9 Å². The molecule has 4 rings (SSSR count). The minimum atomic E-state index is -0.264. The first-order chi connectivity index (χ1) is 13.1. The van der Waals surface area contributed by atoms with Gasteiger partial charge in [-0.3, -0.25) is 13.9 Å². The lowest BCUT2D eigenvalue weighted by molar-refractivity contribution is -0.116. The maximum absolute atomic E-state index is 12.6. The fourth-order valence-corrected chi connectivity index (χ4v) is 4.68. The highest BCUT2D eigenvalue weighted by atomic mass is 32.1. The van der Waals surface area contributed by atoms with Crippen molar-refractivity contribution in [2.45, 2.75) is 26.9 Å². The van der Waals surface area contributed by atoms with E-state index in [1.807, 2.05) is 55.6 Å². The number of rotatable bonds is 5. The van der Waals surface area contributed by atoms with Gasteiger partial charge in [0, 0.05) is 16.8 Å². The Kier molecular flexibility index (Phi) is 4.67. The zero-order valence-corrected chi connectivity index (χ0v) is 16.6. The molecule has 27 heavy (non-hydrogen) atoms. The third-order valence-corrected chi connectivity index (χ3v) is 6.07. The normalized spacial score (nSPS) is 11.2. The number of anilines is 1. The molecule has 4 aromatic rings. The summed E-state index contributed by atoms with van der Waals surface area (Å²) in [5, 5.41) is 5.27. The summed E-state index contributed by atoms with van der Waals surface area (Å²) < 4.78 is 3.18. The van der Waals surface area contributed by atoms with Crippen molar-refractivity contribution in [3.63, 3.8) is 0 Å². The molecule has 6 nitrogen and oxygen atoms in total. The van der Waals surface area contributed by atoms with Gasteiger partial charge in [0.25, 0.3) is 0 Å². The summed E-state index contributed by atoms with van der Waals surface area (Å²) in [5.74, 6) is -0.264. The number of carbonyl (C=O) groups is 1. The first kappa shape index (κ1) is 17.7. The number of hydrogen-bond donors (Lipinski definition) is 1. The van der Waals surface area contributed by atoms with Crippen molar-refractivity contribution in [2.24, 2.45) is 0 Å². The number of benzene rings is 1. The lowest BCUT2D eigenvalue weighted by Gasteiger charge is -2.03. The molecule has 0 spiro atoms. The van der Waals surface area contributed by atoms with Crippen molar-refractivity contribution in [3.8, 4) is 10.6 Å². The minimum Gasteiger partial charge on any atom is -0.300 e. The van der Waals surface area contributed by atoms with Crippen LogP contribution in [0, 0.1) is 6.92 Å². The molecule has 0 atom stereocenters. The third-order valence-electron chi connectivity index (χ3n) is 4.29. The van der Waals surface area contributed by atoms with Gasteiger partial charge in [0.15, 0.2) is 5.13 Å². The quantitative estimate of drug-likeness (QED) is 0.553. The average molecular weight is 399 g/mol. The van der Waals surface area contributed by atoms with Crippen molar-refractivity contribution >= 4 is 44.7 Å². The van der Waals surface area contributed by atoms with E-state index in [0.29, 0.717) is 11.7 Å². The van der Waals surface area contributed by atoms with Gasteiger partial charge < -0.3 is 5.32 Å². The average Bonchev–Trinajstić information content (AvgIpc) is 3.35. The maximum atomic E-state index is 12.6. The van der Waals surface area contributed by atoms with Gasteiger partial charge in [0.05, 0.1) is 21.6 Å². The molecule has 0 unspecified atom stereocenters. The van der Waals surface area contributed by atoms with Crippen molar-refractivity contribution in [1.82, 2.24) is 14.1 Å². The standard InChI is InChI=1S/C19H18N4O2S2/c1-3-22-14-6-4-5-7-15(14)23(19(22)25)10-17(24)21-18-20-13(11-26-18)16-9-8-12(2)27-16/h4-9,11H,3,10H2,1-2H3,(H,20,21,24). The Morgan fingerprint density at radius 3 is 2.56 bits per heavy atom. The van der Waals surface area contributed by atoms with Gasteiger partial charge in [-0.1, -0.05) is 12.1 Å². The van der Waals surface area contributed by atoms with Crippen molar-refractivity contribution < 1.29 is 4.79 Å². The number of thiophene rings is 1. The summed E-state index contributed by atoms with van der Waals surface area (Å²) >= 11 is 3.05. The van der Waals surface area contributed by atoms with E-state index >= 15 is 0 Å². The summed E-state index contributed by atoms with van der Waals surface area (Å²) in [5.41, 5.74) is 2.27. The van der Waals surface area contributed by atoms with Crippen LogP contribution in [-0.4, -0.2) is 20.0 Å². The maximum Gasteiger partial charge on any atom is 0.329 e. The van der Waals surface area contributed by atoms with E-state index in [1.165, 1.54) is 20.8 Å². The van der Waals surface area contributed by atoms with Gasteiger partial charge in [-0.15, -0.1) is 22.7 Å². The van der Waals surface area contributed by atoms with E-state index in [1.54, 1.807) is 15.9 Å². The Morgan fingerprint density at radius 1 is 1.15 bits per heavy atom. The van der Waals surface area contributed by atoms with Gasteiger partial charge in [-0.2, -0.15) is 0 Å². The van der Waals surface area contributed by atoms with Gasteiger partial charge >= 0.3 is 5.69 Å². The van der Waals surface area contributed by atoms with E-state index in [2.05, 4.69) is 10.3 Å². The molecule has 1 N–H and O–H groups in total. The molecule has 8 heteroatoms. The van der Waals surface area contributed by atoms with Crippen LogP contribution in [-0.2, 0) is 17.9 Å². The van der Waals surface area contributed by atoms with Gasteiger partial charge in [0.1, 0.15) is 6.54 Å². The van der Waals surface area contributed by atoms with E-state index < -0.39 is 0 Å². The van der Waals surface area contributed by atoms with Crippen LogP contribution in [0.3, 0.4) is 0 Å². The molecule has 0 fully saturated rings. The summed E-state index contributed by atoms with van der Waals surface area (Å²) in [6, 6.07) is 11.6. The fourth-order valence-electron chi connectivity index (χ4n) is 3.05. The van der Waals surface area contributed by atoms with Crippen LogP contribution >= 0.6 is 22.7 Å². The Morgan fingerprint density at radius 2 is 1.89 bits per heavy atom. The molecule has 0 bridgehead atoms. The van der Waals surface area contributed by atoms with Gasteiger partial charge in [-0.05, 0) is 38.1 Å². The van der Waals surface area contributed by atoms with Crippen LogP contribution < -0.4 is 11.0 Å². The number of fused-ring (bicyclic) bond motifs is 1. The minimum absolute atomic E-state index is 0.0423. The summed E-state index contributed by atoms with van der Waals surface area (Å²) in [7, 11) is 0. The number of nitrogens with zero attached hydrogens (tertiary/aromatic N) is 3. The lowest BCUT2D eigenvalue weighted by Crippen LogP contribution is -2.29. The highest BCUT2D eigenvalue weighted by Crippen LogP contribution is 2.30. The van der Waals surface area contributed by atoms with Gasteiger partial charge in [-0.25, -0.2) is 9.78 Å². The second kappa shape index (κ2) is 7.13. The molecule has 3 aromatic heterocycles. The lowest BCUT2D eigenvalue weighted by atomic mass is 10.3. The summed E-state index contributed by atoms with van der Waals surface area (Å²) in [6.45, 7) is 4.48. The monoisotopic (exact) mass is 398 g/mol. The van der Waals surface area contributed by atoms with Crippen molar-refractivity contribution in [1.29, 1.82) is 0 Å². The second-order valence-electron chi connectivity index (χ2n) is 6.10. The molecule has 0 aliphatic rings. The number of aryl methyl sites for hydroxylation is 2. The molecule has 1 aromatic carbocycles. The predicted octanol–water partition coefficient (Wildman–Crippen LogP) is 3.96. The van der Waals surface area contributed by atoms with Crippen LogP contribution in [0.5, 0.6) is 0 Å². The Balaban J connectivity index is 1.56. The van der Waals surface area contributed by atoms with Crippen LogP contribution in [0.2, 0.25) is 0 Å². The third kappa shape index (κ3) is 3.33. The zero-order chi connectivity index (χ0) is 19.0. The Labute approximate surface area is 163 Å². The Bertz CT molecular complexity index is 1180. The molecular weight excluding hydrogens is 380 g/mol. The molecular formula is C19H18N4O2S2. The Hall–Kier alpha value is -2.71. The SMILES string of the molecule is CCn1c(=O)n(CC(=O)Nc2nc(-c3ccc(C)s3)cs2)c2ccccc21. The van der Waals surface area contributed by atoms with Crippen LogP contribution in [0.15, 0.2) is 46.6 Å². The second-order valence-corrected chi connectivity index (χ2v) is 8.24. The van der Waals surface area contributed by atoms with E-state index in [-0.39, 0.29) is 18.1 Å². The molecule has 0 radical (unpaired) electrons. The highest BCUT2D eigenvalue weighted by molar-refractivity contribution is 7.17. The number of hydrogen-bond acceptors (Lipinski definition) is 5. The van der Waals surface area contributed by atoms with Gasteiger partial charge in [0.2, 0.25) is 5.91 Å². The van der Waals surface area contributed by atoms with Crippen molar-refractivity contribution in [2.75, 3.05) is 5.32 Å². The summed E-state index contributed by atoms with van der Waals surface area (Å²) in [4.78, 5) is 31.9. The zero-order valence-electron chi connectivity index (χ0n) is 14.9. The van der Waals surface area contributed by atoms with Crippen LogP contribution in [0.1, 0.15) is 11.8 Å². The molecule has 0 saturated carbocycles. The largest absolute Gasteiger partial charge is 0.329 e.